The molecule has 8 nitrogen and oxygen atoms in total. The number of carbonyl (C=O) groups is 1. The average molecular weight is 530 g/mol. The third-order valence-electron chi connectivity index (χ3n) is 11.2. The summed E-state index contributed by atoms with van der Waals surface area (Å²) in [5.74, 6) is 1.04. The van der Waals surface area contributed by atoms with Gasteiger partial charge in [0.2, 0.25) is 5.91 Å². The maximum absolute atomic E-state index is 12.3. The quantitative estimate of drug-likeness (QED) is 0.240. The van der Waals surface area contributed by atoms with E-state index in [1.807, 2.05) is 0 Å². The van der Waals surface area contributed by atoms with Crippen molar-refractivity contribution >= 4 is 16.0 Å². The summed E-state index contributed by atoms with van der Waals surface area (Å²) in [5, 5.41) is 36.0. The van der Waals surface area contributed by atoms with Crippen LogP contribution in [0.25, 0.3) is 0 Å². The number of amides is 1. The molecule has 5 N–H and O–H groups in total. The van der Waals surface area contributed by atoms with Gasteiger partial charge in [0, 0.05) is 13.0 Å². The number of rotatable bonds is 8. The summed E-state index contributed by atoms with van der Waals surface area (Å²) >= 11 is 0. The Hall–Kier alpha value is -0.740. The predicted molar refractivity (Wildman–Crippen MR) is 136 cm³/mol. The van der Waals surface area contributed by atoms with Crippen molar-refractivity contribution in [2.24, 2.45) is 46.3 Å². The lowest BCUT2D eigenvalue weighted by Crippen LogP contribution is -2.62. The third kappa shape index (κ3) is 5.24. The van der Waals surface area contributed by atoms with Gasteiger partial charge in [0.1, 0.15) is 0 Å². The second-order valence-electron chi connectivity index (χ2n) is 13.0. The Labute approximate surface area is 216 Å². The molecule has 0 radical (unpaired) electrons. The molecule has 0 aromatic carbocycles. The number of nitrogens with one attached hydrogen (secondary N) is 1. The van der Waals surface area contributed by atoms with Gasteiger partial charge in [0.05, 0.1) is 24.1 Å². The number of aliphatic hydroxyl groups is 3. The van der Waals surface area contributed by atoms with Crippen molar-refractivity contribution in [1.82, 2.24) is 5.32 Å². The Morgan fingerprint density at radius 3 is 2.47 bits per heavy atom. The van der Waals surface area contributed by atoms with Crippen LogP contribution < -0.4 is 5.32 Å². The number of carbonyl (C=O) groups excluding carboxylic acids is 1. The van der Waals surface area contributed by atoms with Crippen LogP contribution in [-0.4, -0.2) is 64.8 Å². The first kappa shape index (κ1) is 28.3. The normalized spacial score (nSPS) is 45.3. The second-order valence-corrected chi connectivity index (χ2v) is 14.6. The Kier molecular flexibility index (Phi) is 8.20. The zero-order chi connectivity index (χ0) is 26.5. The Morgan fingerprint density at radius 1 is 1.06 bits per heavy atom. The summed E-state index contributed by atoms with van der Waals surface area (Å²) < 4.78 is 30.4. The lowest BCUT2D eigenvalue weighted by Gasteiger charge is -2.63. The van der Waals surface area contributed by atoms with Crippen LogP contribution in [0.1, 0.15) is 85.0 Å². The van der Waals surface area contributed by atoms with Gasteiger partial charge in [-0.25, -0.2) is 0 Å². The summed E-state index contributed by atoms with van der Waals surface area (Å²) in [6.45, 7) is 6.94. The molecule has 0 aromatic rings. The minimum atomic E-state index is -4.01. The van der Waals surface area contributed by atoms with E-state index in [4.69, 9.17) is 4.55 Å². The number of hydrogen-bond acceptors (Lipinski definition) is 6. The van der Waals surface area contributed by atoms with Crippen molar-refractivity contribution < 1.29 is 33.1 Å². The van der Waals surface area contributed by atoms with E-state index in [2.05, 4.69) is 26.1 Å². The first-order valence-corrected chi connectivity index (χ1v) is 15.6. The summed E-state index contributed by atoms with van der Waals surface area (Å²) in [4.78, 5) is 12.3. The van der Waals surface area contributed by atoms with E-state index in [1.54, 1.807) is 0 Å². The fraction of sp³-hybridized carbons (Fsp3) is 0.963. The zero-order valence-electron chi connectivity index (χ0n) is 22.1. The van der Waals surface area contributed by atoms with E-state index in [0.717, 1.165) is 38.5 Å². The van der Waals surface area contributed by atoms with E-state index in [9.17, 15) is 28.5 Å². The van der Waals surface area contributed by atoms with Crippen LogP contribution in [0.4, 0.5) is 0 Å². The molecule has 0 heterocycles. The third-order valence-corrected chi connectivity index (χ3v) is 12.1. The number of aliphatic hydroxyl groups excluding tert-OH is 3. The molecule has 36 heavy (non-hydrogen) atoms. The van der Waals surface area contributed by atoms with Gasteiger partial charge < -0.3 is 20.6 Å². The molecule has 11 atom stereocenters. The highest BCUT2D eigenvalue weighted by atomic mass is 32.2. The van der Waals surface area contributed by atoms with Crippen LogP contribution in [0.15, 0.2) is 0 Å². The lowest BCUT2D eigenvalue weighted by atomic mass is 9.43. The van der Waals surface area contributed by atoms with Gasteiger partial charge in [-0.1, -0.05) is 20.8 Å². The minimum absolute atomic E-state index is 0.0581. The lowest BCUT2D eigenvalue weighted by molar-refractivity contribution is -0.207. The molecule has 4 rings (SSSR count). The Bertz CT molecular complexity index is 912. The summed E-state index contributed by atoms with van der Waals surface area (Å²) in [7, 11) is -4.01. The molecule has 4 aliphatic rings. The van der Waals surface area contributed by atoms with Crippen molar-refractivity contribution in [1.29, 1.82) is 0 Å². The van der Waals surface area contributed by atoms with Gasteiger partial charge in [0.15, 0.2) is 0 Å². The van der Waals surface area contributed by atoms with E-state index in [-0.39, 0.29) is 71.1 Å². The smallest absolute Gasteiger partial charge is 0.264 e. The molecule has 0 spiro atoms. The highest BCUT2D eigenvalue weighted by Crippen LogP contribution is 2.68. The first-order valence-electron chi connectivity index (χ1n) is 14.0. The second kappa shape index (κ2) is 10.4. The predicted octanol–water partition coefficient (Wildman–Crippen LogP) is 2.76. The molecule has 4 fully saturated rings. The van der Waals surface area contributed by atoms with Gasteiger partial charge in [-0.05, 0) is 104 Å². The molecular weight excluding hydrogens is 482 g/mol. The zero-order valence-corrected chi connectivity index (χ0v) is 22.9. The van der Waals surface area contributed by atoms with Crippen LogP contribution in [0.2, 0.25) is 0 Å². The van der Waals surface area contributed by atoms with Gasteiger partial charge >= 0.3 is 0 Å². The van der Waals surface area contributed by atoms with Crippen molar-refractivity contribution in [3.8, 4) is 0 Å². The maximum atomic E-state index is 12.3. The molecule has 4 aliphatic carbocycles. The summed E-state index contributed by atoms with van der Waals surface area (Å²) in [6.07, 6.45) is 6.06. The van der Waals surface area contributed by atoms with Crippen LogP contribution in [0, 0.1) is 46.3 Å². The Morgan fingerprint density at radius 2 is 1.78 bits per heavy atom. The fourth-order valence-electron chi connectivity index (χ4n) is 9.26. The van der Waals surface area contributed by atoms with Gasteiger partial charge in [-0.2, -0.15) is 8.42 Å². The highest BCUT2D eigenvalue weighted by molar-refractivity contribution is 7.85. The van der Waals surface area contributed by atoms with Crippen LogP contribution in [-0.2, 0) is 14.9 Å². The SMILES string of the molecule is C[C@H](CCC(=O)NCCCS(=O)(=O)O)[C@H]1CC[C@H]2[C@@H]3[C@H](O)C[C@@H]4C[C@H](O)CC[C@]4(C)[C@H]3C[C@H](O)[C@]12C. The topological polar surface area (TPSA) is 144 Å². The largest absolute Gasteiger partial charge is 0.393 e. The monoisotopic (exact) mass is 529 g/mol. The first-order chi connectivity index (χ1) is 16.8. The number of fused-ring (bicyclic) bond motifs is 5. The molecular formula is C27H47NO7S. The van der Waals surface area contributed by atoms with Crippen LogP contribution >= 0.6 is 0 Å². The molecule has 9 heteroatoms. The fourth-order valence-corrected chi connectivity index (χ4v) is 9.77. The van der Waals surface area contributed by atoms with Crippen molar-refractivity contribution in [2.45, 2.75) is 103 Å². The Balaban J connectivity index is 1.39. The molecule has 0 aromatic heterocycles. The van der Waals surface area contributed by atoms with E-state index in [1.165, 1.54) is 0 Å². The molecule has 208 valence electrons. The summed E-state index contributed by atoms with van der Waals surface area (Å²) in [5.41, 5.74) is -0.229. The molecule has 0 saturated heterocycles. The molecule has 0 bridgehead atoms. The van der Waals surface area contributed by atoms with Crippen molar-refractivity contribution in [2.75, 3.05) is 12.3 Å². The van der Waals surface area contributed by atoms with E-state index in [0.29, 0.717) is 25.2 Å². The molecule has 4 saturated carbocycles. The van der Waals surface area contributed by atoms with Crippen molar-refractivity contribution in [3.05, 3.63) is 0 Å². The average Bonchev–Trinajstić information content (AvgIpc) is 3.15. The highest BCUT2D eigenvalue weighted by Gasteiger charge is 2.65. The van der Waals surface area contributed by atoms with Crippen molar-refractivity contribution in [3.63, 3.8) is 0 Å². The van der Waals surface area contributed by atoms with Crippen LogP contribution in [0.3, 0.4) is 0 Å². The maximum Gasteiger partial charge on any atom is 0.264 e. The number of hydrogen-bond donors (Lipinski definition) is 5. The van der Waals surface area contributed by atoms with Gasteiger partial charge in [0.25, 0.3) is 10.1 Å². The summed E-state index contributed by atoms with van der Waals surface area (Å²) in [6, 6.07) is 0. The minimum Gasteiger partial charge on any atom is -0.393 e. The molecule has 0 aliphatic heterocycles. The van der Waals surface area contributed by atoms with Crippen LogP contribution in [0.5, 0.6) is 0 Å². The standard InChI is InChI=1S/C27H47NO7S/c1-16(5-8-24(32)28-11-4-12-36(33,34)35)19-6-7-20-25-21(15-23(31)27(19,20)3)26(2)10-9-18(29)13-17(26)14-22(25)30/h16-23,25,29-31H,4-15H2,1-3H3,(H,28,32)(H,33,34,35)/t16-,17+,18-,19-,20+,21+,22-,23+,25+,26+,27-/m1/s1. The molecule has 0 unspecified atom stereocenters. The van der Waals surface area contributed by atoms with Gasteiger partial charge in [-0.3, -0.25) is 9.35 Å². The van der Waals surface area contributed by atoms with Gasteiger partial charge in [-0.15, -0.1) is 0 Å². The molecule has 1 amide bonds. The van der Waals surface area contributed by atoms with E-state index < -0.39 is 22.3 Å². The van der Waals surface area contributed by atoms with E-state index >= 15 is 0 Å².